The SMILES string of the molecule is CC[C@H](C(=O)N1CC(c2nc(-c3cccc(C(F)(F)F)c3)no2)C1)c1ccccc1. The molecule has 1 atom stereocenters. The van der Waals surface area contributed by atoms with Crippen molar-refractivity contribution in [2.45, 2.75) is 31.4 Å². The van der Waals surface area contributed by atoms with Crippen LogP contribution in [0.4, 0.5) is 13.2 Å². The number of benzene rings is 2. The van der Waals surface area contributed by atoms with Gasteiger partial charge in [0.1, 0.15) is 0 Å². The zero-order valence-electron chi connectivity index (χ0n) is 16.3. The van der Waals surface area contributed by atoms with Gasteiger partial charge in [-0.25, -0.2) is 0 Å². The lowest BCUT2D eigenvalue weighted by Gasteiger charge is -2.39. The standard InChI is InChI=1S/C22H20F3N3O2/c1-2-18(14-7-4-3-5-8-14)21(29)28-12-16(13-28)20-26-19(27-30-20)15-9-6-10-17(11-15)22(23,24)25/h3-11,16,18H,2,12-13H2,1H3/t18-/m0/s1. The Labute approximate surface area is 171 Å². The summed E-state index contributed by atoms with van der Waals surface area (Å²) in [6.45, 7) is 2.88. The molecule has 1 fully saturated rings. The van der Waals surface area contributed by atoms with Crippen molar-refractivity contribution >= 4 is 5.91 Å². The van der Waals surface area contributed by atoms with Crippen molar-refractivity contribution in [3.63, 3.8) is 0 Å². The van der Waals surface area contributed by atoms with Gasteiger partial charge in [-0.1, -0.05) is 54.5 Å². The number of halogens is 3. The van der Waals surface area contributed by atoms with Crippen LogP contribution in [0, 0.1) is 0 Å². The van der Waals surface area contributed by atoms with E-state index in [1.54, 1.807) is 4.90 Å². The molecule has 3 aromatic rings. The molecule has 2 heterocycles. The third-order valence-electron chi connectivity index (χ3n) is 5.34. The first-order chi connectivity index (χ1) is 14.4. The van der Waals surface area contributed by atoms with Gasteiger partial charge in [-0.15, -0.1) is 0 Å². The summed E-state index contributed by atoms with van der Waals surface area (Å²) in [7, 11) is 0. The highest BCUT2D eigenvalue weighted by Gasteiger charge is 2.38. The van der Waals surface area contributed by atoms with Crippen LogP contribution >= 0.6 is 0 Å². The summed E-state index contributed by atoms with van der Waals surface area (Å²) in [6, 6.07) is 14.4. The number of carbonyl (C=O) groups is 1. The Morgan fingerprint density at radius 1 is 1.17 bits per heavy atom. The van der Waals surface area contributed by atoms with Gasteiger partial charge in [0.05, 0.1) is 17.4 Å². The quantitative estimate of drug-likeness (QED) is 0.596. The molecule has 0 N–H and O–H groups in total. The first-order valence-electron chi connectivity index (χ1n) is 9.71. The van der Waals surface area contributed by atoms with Gasteiger partial charge in [0.25, 0.3) is 0 Å². The largest absolute Gasteiger partial charge is 0.416 e. The van der Waals surface area contributed by atoms with E-state index in [1.807, 2.05) is 37.3 Å². The van der Waals surface area contributed by atoms with Crippen LogP contribution in [0.1, 0.15) is 42.2 Å². The van der Waals surface area contributed by atoms with E-state index in [1.165, 1.54) is 12.1 Å². The Morgan fingerprint density at radius 3 is 2.57 bits per heavy atom. The summed E-state index contributed by atoms with van der Waals surface area (Å²) in [4.78, 5) is 18.9. The summed E-state index contributed by atoms with van der Waals surface area (Å²) < 4.78 is 44.0. The van der Waals surface area contributed by atoms with E-state index >= 15 is 0 Å². The first kappa shape index (κ1) is 20.1. The second-order valence-corrected chi connectivity index (χ2v) is 7.35. The average Bonchev–Trinajstić information content (AvgIpc) is 3.17. The van der Waals surface area contributed by atoms with Crippen LogP contribution in [0.2, 0.25) is 0 Å². The Kier molecular flexibility index (Phi) is 5.32. The lowest BCUT2D eigenvalue weighted by Crippen LogP contribution is -2.50. The molecule has 0 saturated carbocycles. The topological polar surface area (TPSA) is 59.2 Å². The van der Waals surface area contributed by atoms with Crippen molar-refractivity contribution in [3.05, 3.63) is 71.6 Å². The molecule has 0 unspecified atom stereocenters. The maximum Gasteiger partial charge on any atom is 0.416 e. The van der Waals surface area contributed by atoms with Gasteiger partial charge < -0.3 is 9.42 Å². The van der Waals surface area contributed by atoms with E-state index < -0.39 is 11.7 Å². The van der Waals surface area contributed by atoms with Crippen LogP contribution in [0.15, 0.2) is 59.1 Å². The second kappa shape index (κ2) is 7.93. The van der Waals surface area contributed by atoms with Gasteiger partial charge in [0.2, 0.25) is 17.6 Å². The molecule has 30 heavy (non-hydrogen) atoms. The number of amides is 1. The molecule has 1 aromatic heterocycles. The molecule has 8 heteroatoms. The summed E-state index contributed by atoms with van der Waals surface area (Å²) >= 11 is 0. The van der Waals surface area contributed by atoms with Crippen molar-refractivity contribution < 1.29 is 22.5 Å². The molecule has 1 amide bonds. The molecule has 1 aliphatic rings. The number of aromatic nitrogens is 2. The zero-order chi connectivity index (χ0) is 21.3. The Hall–Kier alpha value is -3.16. The molecular formula is C22H20F3N3O2. The van der Waals surface area contributed by atoms with E-state index in [4.69, 9.17) is 4.52 Å². The van der Waals surface area contributed by atoms with Gasteiger partial charge in [0.15, 0.2) is 0 Å². The lowest BCUT2D eigenvalue weighted by atomic mass is 9.91. The van der Waals surface area contributed by atoms with E-state index in [2.05, 4.69) is 10.1 Å². The maximum atomic E-state index is 12.9. The Balaban J connectivity index is 1.43. The molecule has 0 spiro atoms. The van der Waals surface area contributed by atoms with Gasteiger partial charge in [-0.2, -0.15) is 18.2 Å². The maximum absolute atomic E-state index is 12.9. The number of alkyl halides is 3. The zero-order valence-corrected chi connectivity index (χ0v) is 16.3. The van der Waals surface area contributed by atoms with Crippen LogP contribution < -0.4 is 0 Å². The minimum absolute atomic E-state index is 0.0533. The minimum atomic E-state index is -4.44. The molecule has 5 nitrogen and oxygen atoms in total. The van der Waals surface area contributed by atoms with Crippen LogP contribution in [0.5, 0.6) is 0 Å². The van der Waals surface area contributed by atoms with Crippen LogP contribution in [0.25, 0.3) is 11.4 Å². The van der Waals surface area contributed by atoms with Crippen LogP contribution in [-0.2, 0) is 11.0 Å². The van der Waals surface area contributed by atoms with Crippen molar-refractivity contribution in [2.24, 2.45) is 0 Å². The predicted molar refractivity (Wildman–Crippen MR) is 104 cm³/mol. The van der Waals surface area contributed by atoms with Crippen molar-refractivity contribution in [1.29, 1.82) is 0 Å². The van der Waals surface area contributed by atoms with Crippen LogP contribution in [-0.4, -0.2) is 34.0 Å². The summed E-state index contributed by atoms with van der Waals surface area (Å²) in [6.07, 6.45) is -3.74. The highest BCUT2D eigenvalue weighted by Crippen LogP contribution is 2.34. The molecule has 1 aliphatic heterocycles. The molecule has 156 valence electrons. The van der Waals surface area contributed by atoms with Gasteiger partial charge >= 0.3 is 6.18 Å². The number of nitrogens with zero attached hydrogens (tertiary/aromatic N) is 3. The van der Waals surface area contributed by atoms with Gasteiger partial charge in [-0.3, -0.25) is 4.79 Å². The van der Waals surface area contributed by atoms with E-state index in [-0.39, 0.29) is 29.1 Å². The van der Waals surface area contributed by atoms with Crippen molar-refractivity contribution in [3.8, 4) is 11.4 Å². The fraction of sp³-hybridized carbons (Fsp3) is 0.318. The fourth-order valence-electron chi connectivity index (χ4n) is 3.63. The summed E-state index contributed by atoms with van der Waals surface area (Å²) in [5.41, 5.74) is 0.457. The molecular weight excluding hydrogens is 395 g/mol. The highest BCUT2D eigenvalue weighted by atomic mass is 19.4. The van der Waals surface area contributed by atoms with Gasteiger partial charge in [0, 0.05) is 18.7 Å². The van der Waals surface area contributed by atoms with Crippen LogP contribution in [0.3, 0.4) is 0 Å². The normalized spacial score (nSPS) is 15.7. The highest BCUT2D eigenvalue weighted by molar-refractivity contribution is 5.84. The summed E-state index contributed by atoms with van der Waals surface area (Å²) in [5.74, 6) is 0.179. The lowest BCUT2D eigenvalue weighted by molar-refractivity contribution is -0.138. The minimum Gasteiger partial charge on any atom is -0.340 e. The first-order valence-corrected chi connectivity index (χ1v) is 9.71. The van der Waals surface area contributed by atoms with E-state index in [9.17, 15) is 18.0 Å². The van der Waals surface area contributed by atoms with Crippen molar-refractivity contribution in [2.75, 3.05) is 13.1 Å². The van der Waals surface area contributed by atoms with Crippen molar-refractivity contribution in [1.82, 2.24) is 15.0 Å². The second-order valence-electron chi connectivity index (χ2n) is 7.35. The fourth-order valence-corrected chi connectivity index (χ4v) is 3.63. The molecule has 0 bridgehead atoms. The number of carbonyl (C=O) groups excluding carboxylic acids is 1. The third kappa shape index (κ3) is 3.94. The number of rotatable bonds is 5. The molecule has 1 saturated heterocycles. The molecule has 0 radical (unpaired) electrons. The predicted octanol–water partition coefficient (Wildman–Crippen LogP) is 4.88. The molecule has 0 aliphatic carbocycles. The summed E-state index contributed by atoms with van der Waals surface area (Å²) in [5, 5.41) is 3.82. The van der Waals surface area contributed by atoms with E-state index in [0.717, 1.165) is 17.7 Å². The monoisotopic (exact) mass is 415 g/mol. The van der Waals surface area contributed by atoms with Gasteiger partial charge in [-0.05, 0) is 24.1 Å². The number of hydrogen-bond acceptors (Lipinski definition) is 4. The molecule has 4 rings (SSSR count). The third-order valence-corrected chi connectivity index (χ3v) is 5.34. The molecule has 2 aromatic carbocycles. The Bertz CT molecular complexity index is 1030. The Morgan fingerprint density at radius 2 is 1.90 bits per heavy atom. The number of hydrogen-bond donors (Lipinski definition) is 0. The number of likely N-dealkylation sites (tertiary alicyclic amines) is 1. The average molecular weight is 415 g/mol. The van der Waals surface area contributed by atoms with E-state index in [0.29, 0.717) is 25.4 Å². The smallest absolute Gasteiger partial charge is 0.340 e.